The molecule has 2 heterocycles. The average molecular weight is 289 g/mol. The molecule has 0 unspecified atom stereocenters. The normalized spacial score (nSPS) is 11.2. The molecule has 3 aromatic rings. The Morgan fingerprint density at radius 3 is 2.71 bits per heavy atom. The molecule has 108 valence electrons. The Bertz CT molecular complexity index is 771. The van der Waals surface area contributed by atoms with E-state index in [1.54, 1.807) is 23.0 Å². The highest BCUT2D eigenvalue weighted by Gasteiger charge is 2.15. The maximum atomic E-state index is 13.5. The van der Waals surface area contributed by atoms with Crippen LogP contribution >= 0.6 is 0 Å². The lowest BCUT2D eigenvalue weighted by atomic mass is 10.2. The first-order valence-electron chi connectivity index (χ1n) is 6.57. The lowest BCUT2D eigenvalue weighted by Crippen LogP contribution is -2.03. The predicted molar refractivity (Wildman–Crippen MR) is 74.6 cm³/mol. The van der Waals surface area contributed by atoms with Crippen molar-refractivity contribution in [3.63, 3.8) is 0 Å². The zero-order chi connectivity index (χ0) is 14.8. The molecule has 0 fully saturated rings. The van der Waals surface area contributed by atoms with Crippen molar-refractivity contribution < 1.29 is 13.9 Å². The van der Waals surface area contributed by atoms with E-state index in [0.29, 0.717) is 29.8 Å². The summed E-state index contributed by atoms with van der Waals surface area (Å²) in [5.41, 5.74) is 1.64. The number of halogens is 2. The van der Waals surface area contributed by atoms with E-state index in [1.165, 1.54) is 0 Å². The lowest BCUT2D eigenvalue weighted by molar-refractivity contribution is 0.281. The Morgan fingerprint density at radius 1 is 1.19 bits per heavy atom. The Kier molecular flexibility index (Phi) is 3.62. The highest BCUT2D eigenvalue weighted by Crippen LogP contribution is 2.26. The number of rotatable bonds is 4. The Labute approximate surface area is 119 Å². The molecule has 0 radical (unpaired) electrons. The second-order valence-electron chi connectivity index (χ2n) is 4.66. The van der Waals surface area contributed by atoms with E-state index < -0.39 is 11.6 Å². The van der Waals surface area contributed by atoms with E-state index in [2.05, 4.69) is 9.97 Å². The van der Waals surface area contributed by atoms with E-state index in [-0.39, 0.29) is 6.61 Å². The van der Waals surface area contributed by atoms with E-state index in [9.17, 15) is 8.78 Å². The van der Waals surface area contributed by atoms with Crippen molar-refractivity contribution in [3.8, 4) is 11.4 Å². The third kappa shape index (κ3) is 2.50. The first-order valence-corrected chi connectivity index (χ1v) is 6.57. The molecule has 4 nitrogen and oxygen atoms in total. The van der Waals surface area contributed by atoms with Crippen molar-refractivity contribution in [1.29, 1.82) is 0 Å². The van der Waals surface area contributed by atoms with Crippen LogP contribution in [0.25, 0.3) is 22.4 Å². The molecule has 0 spiro atoms. The zero-order valence-corrected chi connectivity index (χ0v) is 11.1. The minimum Gasteiger partial charge on any atom is -0.396 e. The van der Waals surface area contributed by atoms with Gasteiger partial charge in [0.15, 0.2) is 11.6 Å². The van der Waals surface area contributed by atoms with Gasteiger partial charge in [-0.1, -0.05) is 0 Å². The number of hydrogen-bond donors (Lipinski definition) is 1. The minimum atomic E-state index is -0.924. The highest BCUT2D eigenvalue weighted by molar-refractivity contribution is 5.80. The molecule has 0 aliphatic carbocycles. The monoisotopic (exact) mass is 289 g/mol. The molecule has 0 saturated heterocycles. The molecule has 1 N–H and O–H groups in total. The van der Waals surface area contributed by atoms with Crippen LogP contribution in [0.2, 0.25) is 0 Å². The van der Waals surface area contributed by atoms with Gasteiger partial charge < -0.3 is 9.67 Å². The first kappa shape index (κ1) is 13.6. The van der Waals surface area contributed by atoms with Crippen LogP contribution in [-0.4, -0.2) is 26.2 Å². The Morgan fingerprint density at radius 2 is 2.00 bits per heavy atom. The third-order valence-electron chi connectivity index (χ3n) is 3.25. The van der Waals surface area contributed by atoms with Crippen LogP contribution in [0.5, 0.6) is 0 Å². The summed E-state index contributed by atoms with van der Waals surface area (Å²) in [7, 11) is 0. The summed E-state index contributed by atoms with van der Waals surface area (Å²) in [5.74, 6) is -1.26. The highest BCUT2D eigenvalue weighted by atomic mass is 19.2. The van der Waals surface area contributed by atoms with Crippen LogP contribution in [0, 0.1) is 11.6 Å². The first-order chi connectivity index (χ1) is 10.2. The summed E-state index contributed by atoms with van der Waals surface area (Å²) < 4.78 is 28.6. The van der Waals surface area contributed by atoms with Gasteiger partial charge in [-0.05, 0) is 18.6 Å². The van der Waals surface area contributed by atoms with Gasteiger partial charge in [-0.25, -0.2) is 13.8 Å². The topological polar surface area (TPSA) is 50.9 Å². The zero-order valence-electron chi connectivity index (χ0n) is 11.1. The van der Waals surface area contributed by atoms with E-state index >= 15 is 0 Å². The molecule has 0 saturated carbocycles. The molecule has 0 bridgehead atoms. The SMILES string of the molecule is OCCCn1c(-c2cccnc2)nc2cc(F)c(F)cc21. The van der Waals surface area contributed by atoms with Gasteiger partial charge >= 0.3 is 0 Å². The standard InChI is InChI=1S/C15H13F2N3O/c16-11-7-13-14(8-12(11)17)20(5-2-6-21)15(19-13)10-3-1-4-18-9-10/h1,3-4,7-9,21H,2,5-6H2. The van der Waals surface area contributed by atoms with Gasteiger partial charge in [0.25, 0.3) is 0 Å². The fourth-order valence-corrected chi connectivity index (χ4v) is 2.29. The van der Waals surface area contributed by atoms with Gasteiger partial charge in [-0.2, -0.15) is 0 Å². The maximum absolute atomic E-state index is 13.5. The van der Waals surface area contributed by atoms with Crippen LogP contribution < -0.4 is 0 Å². The predicted octanol–water partition coefficient (Wildman–Crippen LogP) is 2.76. The summed E-state index contributed by atoms with van der Waals surface area (Å²) in [5, 5.41) is 9.02. The smallest absolute Gasteiger partial charge is 0.161 e. The van der Waals surface area contributed by atoms with Gasteiger partial charge in [0.1, 0.15) is 5.82 Å². The van der Waals surface area contributed by atoms with Crippen molar-refractivity contribution in [2.75, 3.05) is 6.61 Å². The summed E-state index contributed by atoms with van der Waals surface area (Å²) >= 11 is 0. The number of aliphatic hydroxyl groups excluding tert-OH is 1. The van der Waals surface area contributed by atoms with Crippen LogP contribution in [0.15, 0.2) is 36.7 Å². The second kappa shape index (κ2) is 5.57. The van der Waals surface area contributed by atoms with Crippen LogP contribution in [-0.2, 0) is 6.54 Å². The third-order valence-corrected chi connectivity index (χ3v) is 3.25. The summed E-state index contributed by atoms with van der Waals surface area (Å²) in [6.45, 7) is 0.470. The molecular formula is C15H13F2N3O. The minimum absolute atomic E-state index is 0.00975. The summed E-state index contributed by atoms with van der Waals surface area (Å²) in [4.78, 5) is 8.41. The number of fused-ring (bicyclic) bond motifs is 1. The van der Waals surface area contributed by atoms with E-state index in [1.807, 2.05) is 6.07 Å². The van der Waals surface area contributed by atoms with Gasteiger partial charge in [0.2, 0.25) is 0 Å². The molecule has 0 aliphatic heterocycles. The second-order valence-corrected chi connectivity index (χ2v) is 4.66. The average Bonchev–Trinajstić information content (AvgIpc) is 2.84. The fourth-order valence-electron chi connectivity index (χ4n) is 2.29. The number of aliphatic hydroxyl groups is 1. The van der Waals surface area contributed by atoms with Crippen molar-refractivity contribution in [2.45, 2.75) is 13.0 Å². The number of imidazole rings is 1. The van der Waals surface area contributed by atoms with E-state index in [4.69, 9.17) is 5.11 Å². The van der Waals surface area contributed by atoms with Gasteiger partial charge in [-0.3, -0.25) is 4.98 Å². The molecule has 0 atom stereocenters. The van der Waals surface area contributed by atoms with Crippen LogP contribution in [0.4, 0.5) is 8.78 Å². The van der Waals surface area contributed by atoms with Crippen LogP contribution in [0.1, 0.15) is 6.42 Å². The molecule has 0 amide bonds. The lowest BCUT2D eigenvalue weighted by Gasteiger charge is -2.08. The number of nitrogens with zero attached hydrogens (tertiary/aromatic N) is 3. The molecular weight excluding hydrogens is 276 g/mol. The number of benzene rings is 1. The van der Waals surface area contributed by atoms with Gasteiger partial charge in [-0.15, -0.1) is 0 Å². The molecule has 2 aromatic heterocycles. The number of aryl methyl sites for hydroxylation is 1. The number of aromatic nitrogens is 3. The molecule has 1 aromatic carbocycles. The fraction of sp³-hybridized carbons (Fsp3) is 0.200. The Balaban J connectivity index is 2.22. The van der Waals surface area contributed by atoms with Crippen molar-refractivity contribution in [3.05, 3.63) is 48.3 Å². The Hall–Kier alpha value is -2.34. The molecule has 6 heteroatoms. The van der Waals surface area contributed by atoms with Crippen molar-refractivity contribution in [1.82, 2.24) is 14.5 Å². The van der Waals surface area contributed by atoms with E-state index in [0.717, 1.165) is 17.7 Å². The number of pyridine rings is 1. The summed E-state index contributed by atoms with van der Waals surface area (Å²) in [6.07, 6.45) is 3.78. The largest absolute Gasteiger partial charge is 0.396 e. The van der Waals surface area contributed by atoms with Crippen molar-refractivity contribution >= 4 is 11.0 Å². The maximum Gasteiger partial charge on any atom is 0.161 e. The van der Waals surface area contributed by atoms with Gasteiger partial charge in [0, 0.05) is 43.2 Å². The molecule has 3 rings (SSSR count). The quantitative estimate of drug-likeness (QED) is 0.803. The number of hydrogen-bond acceptors (Lipinski definition) is 3. The summed E-state index contributed by atoms with van der Waals surface area (Å²) in [6, 6.07) is 5.82. The molecule has 21 heavy (non-hydrogen) atoms. The molecule has 0 aliphatic rings. The van der Waals surface area contributed by atoms with Crippen molar-refractivity contribution in [2.24, 2.45) is 0 Å². The van der Waals surface area contributed by atoms with Crippen LogP contribution in [0.3, 0.4) is 0 Å². The van der Waals surface area contributed by atoms with Gasteiger partial charge in [0.05, 0.1) is 11.0 Å².